The number of rotatable bonds is 2. The highest BCUT2D eigenvalue weighted by Crippen LogP contribution is 2.36. The van der Waals surface area contributed by atoms with E-state index in [1.54, 1.807) is 23.1 Å². The summed E-state index contributed by atoms with van der Waals surface area (Å²) in [6, 6.07) is 4.08. The van der Waals surface area contributed by atoms with Gasteiger partial charge in [-0.2, -0.15) is 0 Å². The van der Waals surface area contributed by atoms with E-state index in [9.17, 15) is 0 Å². The Morgan fingerprint density at radius 2 is 2.29 bits per heavy atom. The standard InChI is InChI=1S/C10H11NOS2/c1-13-8-3-2-7-9(10(8)11)6(4-12)5-14-7/h2-3,5,12H,4,11H2,1H3. The number of hydrogen-bond acceptors (Lipinski definition) is 4. The summed E-state index contributed by atoms with van der Waals surface area (Å²) in [6.07, 6.45) is 2.00. The number of thiophene rings is 1. The molecule has 0 atom stereocenters. The third-order valence-electron chi connectivity index (χ3n) is 2.21. The highest BCUT2D eigenvalue weighted by Gasteiger charge is 2.09. The number of hydrogen-bond donors (Lipinski definition) is 2. The summed E-state index contributed by atoms with van der Waals surface area (Å²) in [4.78, 5) is 1.07. The van der Waals surface area contributed by atoms with Crippen LogP contribution in [-0.4, -0.2) is 11.4 Å². The molecule has 0 saturated heterocycles. The smallest absolute Gasteiger partial charge is 0.0696 e. The molecule has 4 heteroatoms. The summed E-state index contributed by atoms with van der Waals surface area (Å²) in [5.74, 6) is 0. The third kappa shape index (κ3) is 1.39. The number of benzene rings is 1. The van der Waals surface area contributed by atoms with Crippen LogP contribution in [0.4, 0.5) is 5.69 Å². The van der Waals surface area contributed by atoms with Gasteiger partial charge in [0, 0.05) is 15.0 Å². The van der Waals surface area contributed by atoms with Crippen LogP contribution in [0.15, 0.2) is 22.4 Å². The topological polar surface area (TPSA) is 46.2 Å². The summed E-state index contributed by atoms with van der Waals surface area (Å²) in [5.41, 5.74) is 7.75. The number of aliphatic hydroxyl groups is 1. The molecule has 2 rings (SSSR count). The quantitative estimate of drug-likeness (QED) is 0.610. The molecule has 0 spiro atoms. The Labute approximate surface area is 90.7 Å². The highest BCUT2D eigenvalue weighted by molar-refractivity contribution is 7.98. The molecule has 14 heavy (non-hydrogen) atoms. The minimum Gasteiger partial charge on any atom is -0.397 e. The van der Waals surface area contributed by atoms with Gasteiger partial charge in [0.25, 0.3) is 0 Å². The molecule has 0 aliphatic rings. The van der Waals surface area contributed by atoms with E-state index in [-0.39, 0.29) is 6.61 Å². The average Bonchev–Trinajstić information content (AvgIpc) is 2.62. The number of fused-ring (bicyclic) bond motifs is 1. The molecular weight excluding hydrogens is 214 g/mol. The molecule has 74 valence electrons. The van der Waals surface area contributed by atoms with Crippen molar-refractivity contribution < 1.29 is 5.11 Å². The van der Waals surface area contributed by atoms with Crippen LogP contribution >= 0.6 is 23.1 Å². The fraction of sp³-hybridized carbons (Fsp3) is 0.200. The first-order chi connectivity index (χ1) is 6.77. The van der Waals surface area contributed by atoms with Gasteiger partial charge in [-0.3, -0.25) is 0 Å². The predicted molar refractivity (Wildman–Crippen MR) is 63.9 cm³/mol. The largest absolute Gasteiger partial charge is 0.397 e. The van der Waals surface area contributed by atoms with Gasteiger partial charge in [-0.15, -0.1) is 23.1 Å². The van der Waals surface area contributed by atoms with Crippen molar-refractivity contribution in [1.29, 1.82) is 0 Å². The molecule has 1 aromatic carbocycles. The Morgan fingerprint density at radius 1 is 1.50 bits per heavy atom. The zero-order valence-corrected chi connectivity index (χ0v) is 9.41. The maximum Gasteiger partial charge on any atom is 0.0696 e. The van der Waals surface area contributed by atoms with Gasteiger partial charge in [0.1, 0.15) is 0 Å². The normalized spacial score (nSPS) is 11.0. The lowest BCUT2D eigenvalue weighted by molar-refractivity contribution is 0.284. The summed E-state index contributed by atoms with van der Waals surface area (Å²) in [6.45, 7) is 0.0576. The maximum absolute atomic E-state index is 9.16. The minimum atomic E-state index is 0.0576. The number of nitrogens with two attached hydrogens (primary N) is 1. The Morgan fingerprint density at radius 3 is 2.93 bits per heavy atom. The number of thioether (sulfide) groups is 1. The summed E-state index contributed by atoms with van der Waals surface area (Å²) in [5, 5.41) is 12.1. The van der Waals surface area contributed by atoms with Crippen LogP contribution in [0, 0.1) is 0 Å². The molecule has 2 aromatic rings. The highest BCUT2D eigenvalue weighted by atomic mass is 32.2. The van der Waals surface area contributed by atoms with Crippen molar-refractivity contribution in [1.82, 2.24) is 0 Å². The molecule has 0 amide bonds. The van der Waals surface area contributed by atoms with Crippen LogP contribution in [-0.2, 0) is 6.61 Å². The SMILES string of the molecule is CSc1ccc2scc(CO)c2c1N. The van der Waals surface area contributed by atoms with Gasteiger partial charge >= 0.3 is 0 Å². The van der Waals surface area contributed by atoms with Crippen LogP contribution in [0.5, 0.6) is 0 Å². The van der Waals surface area contributed by atoms with Crippen LogP contribution < -0.4 is 5.73 Å². The first-order valence-corrected chi connectivity index (χ1v) is 6.31. The molecule has 0 fully saturated rings. The molecule has 0 bridgehead atoms. The van der Waals surface area contributed by atoms with E-state index in [4.69, 9.17) is 10.8 Å². The van der Waals surface area contributed by atoms with E-state index in [1.165, 1.54) is 0 Å². The zero-order valence-electron chi connectivity index (χ0n) is 7.78. The van der Waals surface area contributed by atoms with Gasteiger partial charge in [0.15, 0.2) is 0 Å². The Hall–Kier alpha value is -0.710. The molecular formula is C10H11NOS2. The fourth-order valence-electron chi connectivity index (χ4n) is 1.50. The number of anilines is 1. The van der Waals surface area contributed by atoms with Crippen LogP contribution in [0.25, 0.3) is 10.1 Å². The van der Waals surface area contributed by atoms with E-state index < -0.39 is 0 Å². The second-order valence-electron chi connectivity index (χ2n) is 2.97. The van der Waals surface area contributed by atoms with Crippen molar-refractivity contribution in [2.75, 3.05) is 12.0 Å². The van der Waals surface area contributed by atoms with E-state index in [0.717, 1.165) is 26.2 Å². The lowest BCUT2D eigenvalue weighted by Gasteiger charge is -2.04. The first kappa shape index (κ1) is 9.83. The lowest BCUT2D eigenvalue weighted by atomic mass is 10.1. The molecule has 0 unspecified atom stereocenters. The van der Waals surface area contributed by atoms with Crippen LogP contribution in [0.1, 0.15) is 5.56 Å². The van der Waals surface area contributed by atoms with Crippen molar-refractivity contribution in [3.05, 3.63) is 23.1 Å². The first-order valence-electron chi connectivity index (χ1n) is 4.21. The molecule has 1 aromatic heterocycles. The fourth-order valence-corrected chi connectivity index (χ4v) is 2.99. The van der Waals surface area contributed by atoms with Crippen LogP contribution in [0.2, 0.25) is 0 Å². The molecule has 2 nitrogen and oxygen atoms in total. The monoisotopic (exact) mass is 225 g/mol. The molecule has 0 aliphatic carbocycles. The van der Waals surface area contributed by atoms with E-state index in [2.05, 4.69) is 6.07 Å². The van der Waals surface area contributed by atoms with Gasteiger partial charge in [-0.05, 0) is 29.3 Å². The van der Waals surface area contributed by atoms with Gasteiger partial charge < -0.3 is 10.8 Å². The third-order valence-corrected chi connectivity index (χ3v) is 4.00. The van der Waals surface area contributed by atoms with E-state index in [1.807, 2.05) is 17.7 Å². The second kappa shape index (κ2) is 3.81. The Kier molecular flexibility index (Phi) is 2.67. The van der Waals surface area contributed by atoms with Crippen molar-refractivity contribution in [3.63, 3.8) is 0 Å². The van der Waals surface area contributed by atoms with Crippen molar-refractivity contribution in [2.45, 2.75) is 11.5 Å². The van der Waals surface area contributed by atoms with Crippen LogP contribution in [0.3, 0.4) is 0 Å². The lowest BCUT2D eigenvalue weighted by Crippen LogP contribution is -1.91. The number of aliphatic hydroxyl groups excluding tert-OH is 1. The maximum atomic E-state index is 9.16. The second-order valence-corrected chi connectivity index (χ2v) is 4.73. The minimum absolute atomic E-state index is 0.0576. The van der Waals surface area contributed by atoms with Crippen molar-refractivity contribution in [3.8, 4) is 0 Å². The molecule has 1 heterocycles. The number of nitrogen functional groups attached to an aromatic ring is 1. The summed E-state index contributed by atoms with van der Waals surface area (Å²) >= 11 is 3.25. The van der Waals surface area contributed by atoms with Gasteiger partial charge in [0.05, 0.1) is 12.3 Å². The average molecular weight is 225 g/mol. The molecule has 3 N–H and O–H groups in total. The van der Waals surface area contributed by atoms with Gasteiger partial charge in [0.2, 0.25) is 0 Å². The van der Waals surface area contributed by atoms with Gasteiger partial charge in [-0.1, -0.05) is 0 Å². The van der Waals surface area contributed by atoms with Crippen molar-refractivity contribution >= 4 is 38.9 Å². The summed E-state index contributed by atoms with van der Waals surface area (Å²) in [7, 11) is 0. The predicted octanol–water partition coefficient (Wildman–Crippen LogP) is 2.70. The Bertz CT molecular complexity index is 464. The molecule has 0 radical (unpaired) electrons. The van der Waals surface area contributed by atoms with E-state index in [0.29, 0.717) is 0 Å². The zero-order chi connectivity index (χ0) is 10.1. The Balaban J connectivity index is 2.77. The van der Waals surface area contributed by atoms with Crippen molar-refractivity contribution in [2.24, 2.45) is 0 Å². The van der Waals surface area contributed by atoms with E-state index >= 15 is 0 Å². The molecule has 0 saturated carbocycles. The molecule has 0 aliphatic heterocycles. The summed E-state index contributed by atoms with van der Waals surface area (Å²) < 4.78 is 1.14. The van der Waals surface area contributed by atoms with Gasteiger partial charge in [-0.25, -0.2) is 0 Å².